The molecule has 7 heteroatoms. The number of fused-ring (bicyclic) bond motifs is 1. The fourth-order valence-corrected chi connectivity index (χ4v) is 2.15. The Labute approximate surface area is 109 Å². The third-order valence-corrected chi connectivity index (χ3v) is 3.07. The summed E-state index contributed by atoms with van der Waals surface area (Å²) >= 11 is 0. The Morgan fingerprint density at radius 3 is 2.79 bits per heavy atom. The van der Waals surface area contributed by atoms with Crippen LogP contribution < -0.4 is 0 Å². The topological polar surface area (TPSA) is 93.1 Å². The number of esters is 1. The molecule has 7 nitrogen and oxygen atoms in total. The van der Waals surface area contributed by atoms with Crippen LogP contribution >= 0.6 is 0 Å². The molecular formula is C12H13NO6. The van der Waals surface area contributed by atoms with Crippen molar-refractivity contribution in [2.45, 2.75) is 25.1 Å². The maximum absolute atomic E-state index is 11.7. The van der Waals surface area contributed by atoms with E-state index in [0.717, 1.165) is 0 Å². The molecule has 2 fully saturated rings. The highest BCUT2D eigenvalue weighted by atomic mass is 16.6. The quantitative estimate of drug-likeness (QED) is 0.334. The normalized spacial score (nSPS) is 27.0. The second-order valence-electron chi connectivity index (χ2n) is 4.14. The van der Waals surface area contributed by atoms with Gasteiger partial charge in [-0.3, -0.25) is 9.69 Å². The van der Waals surface area contributed by atoms with Gasteiger partial charge in [0.05, 0.1) is 19.1 Å². The maximum Gasteiger partial charge on any atom is 0.336 e. The van der Waals surface area contributed by atoms with Crippen LogP contribution in [0.4, 0.5) is 0 Å². The summed E-state index contributed by atoms with van der Waals surface area (Å²) in [7, 11) is 1.17. The van der Waals surface area contributed by atoms with Gasteiger partial charge in [-0.15, -0.1) is 6.58 Å². The number of rotatable bonds is 4. The lowest BCUT2D eigenvalue weighted by molar-refractivity contribution is -0.164. The van der Waals surface area contributed by atoms with Crippen molar-refractivity contribution < 1.29 is 29.0 Å². The molecule has 1 unspecified atom stereocenters. The third-order valence-electron chi connectivity index (χ3n) is 3.07. The van der Waals surface area contributed by atoms with Crippen molar-refractivity contribution in [1.29, 1.82) is 0 Å². The Kier molecular flexibility index (Phi) is 3.28. The smallest absolute Gasteiger partial charge is 0.336 e. The maximum atomic E-state index is 11.7. The summed E-state index contributed by atoms with van der Waals surface area (Å²) in [6, 6.07) is -1.11. The number of carbonyl (C=O) groups excluding carboxylic acids is 2. The molecule has 102 valence electrons. The lowest BCUT2D eigenvalue weighted by Gasteiger charge is -2.33. The van der Waals surface area contributed by atoms with E-state index in [0.29, 0.717) is 0 Å². The molecule has 0 bridgehead atoms. The molecule has 1 amide bonds. The number of methoxy groups -OCH3 is 1. The van der Waals surface area contributed by atoms with Crippen molar-refractivity contribution in [1.82, 2.24) is 4.90 Å². The van der Waals surface area contributed by atoms with E-state index >= 15 is 0 Å². The molecule has 2 heterocycles. The summed E-state index contributed by atoms with van der Waals surface area (Å²) in [5, 5.41) is 9.15. The number of nitrogens with zero attached hydrogens (tertiary/aromatic N) is 1. The summed E-state index contributed by atoms with van der Waals surface area (Å²) in [5.74, 6) is -2.22. The molecule has 0 radical (unpaired) electrons. The monoisotopic (exact) mass is 267 g/mol. The number of amides is 1. The van der Waals surface area contributed by atoms with Gasteiger partial charge in [-0.1, -0.05) is 6.08 Å². The molecule has 0 saturated carbocycles. The zero-order valence-electron chi connectivity index (χ0n) is 10.3. The third kappa shape index (κ3) is 1.96. The van der Waals surface area contributed by atoms with E-state index in [1.54, 1.807) is 0 Å². The first kappa shape index (κ1) is 13.1. The standard InChI is InChI=1S/C12H13NO6/c1-3-4-6(11(15)16)10-9(12(17)18-2)13-7(14)5-8(13)19-10/h3,8-9H,1,4-5H2,2H3,(H,15,16)/t8-,9?/m1/s1. The largest absolute Gasteiger partial charge is 0.478 e. The number of hydrogen-bond donors (Lipinski definition) is 1. The molecular weight excluding hydrogens is 254 g/mol. The van der Waals surface area contributed by atoms with Gasteiger partial charge in [-0.05, 0) is 0 Å². The number of carboxylic acid groups (broad SMARTS) is 1. The van der Waals surface area contributed by atoms with Gasteiger partial charge in [-0.25, -0.2) is 9.59 Å². The van der Waals surface area contributed by atoms with E-state index in [4.69, 9.17) is 9.84 Å². The van der Waals surface area contributed by atoms with Crippen molar-refractivity contribution in [2.24, 2.45) is 0 Å². The van der Waals surface area contributed by atoms with Gasteiger partial charge in [0.15, 0.2) is 12.3 Å². The van der Waals surface area contributed by atoms with Crippen LogP contribution in [-0.4, -0.2) is 47.2 Å². The number of carboxylic acids is 1. The predicted octanol–water partition coefficient (Wildman–Crippen LogP) is 0.0314. The zero-order valence-corrected chi connectivity index (χ0v) is 10.3. The summed E-state index contributed by atoms with van der Waals surface area (Å²) in [5.41, 5.74) is -0.0902. The zero-order chi connectivity index (χ0) is 14.2. The van der Waals surface area contributed by atoms with Crippen LogP contribution in [0.3, 0.4) is 0 Å². The minimum Gasteiger partial charge on any atom is -0.478 e. The average molecular weight is 267 g/mol. The van der Waals surface area contributed by atoms with Crippen molar-refractivity contribution in [3.8, 4) is 0 Å². The van der Waals surface area contributed by atoms with Gasteiger partial charge < -0.3 is 14.6 Å². The van der Waals surface area contributed by atoms with E-state index in [1.807, 2.05) is 0 Å². The molecule has 2 atom stereocenters. The Balaban J connectivity index is 2.45. The molecule has 1 N–H and O–H groups in total. The summed E-state index contributed by atoms with van der Waals surface area (Å²) in [4.78, 5) is 35.6. The van der Waals surface area contributed by atoms with Crippen LogP contribution in [0.15, 0.2) is 24.0 Å². The minimum absolute atomic E-state index is 0.0323. The Hall–Kier alpha value is -2.31. The van der Waals surface area contributed by atoms with Crippen LogP contribution in [0, 0.1) is 0 Å². The van der Waals surface area contributed by atoms with Crippen LogP contribution in [0.1, 0.15) is 12.8 Å². The average Bonchev–Trinajstić information content (AvgIpc) is 2.67. The number of allylic oxidation sites excluding steroid dienone is 1. The van der Waals surface area contributed by atoms with Gasteiger partial charge in [0.2, 0.25) is 5.91 Å². The van der Waals surface area contributed by atoms with Crippen molar-refractivity contribution in [3.63, 3.8) is 0 Å². The van der Waals surface area contributed by atoms with Gasteiger partial charge >= 0.3 is 11.9 Å². The Bertz CT molecular complexity index is 494. The van der Waals surface area contributed by atoms with Crippen LogP contribution in [0.25, 0.3) is 0 Å². The summed E-state index contributed by atoms with van der Waals surface area (Å²) in [6.45, 7) is 3.46. The Morgan fingerprint density at radius 2 is 2.32 bits per heavy atom. The van der Waals surface area contributed by atoms with Gasteiger partial charge in [0.25, 0.3) is 0 Å². The first-order valence-corrected chi connectivity index (χ1v) is 5.64. The van der Waals surface area contributed by atoms with Crippen LogP contribution in [0.2, 0.25) is 0 Å². The van der Waals surface area contributed by atoms with E-state index in [9.17, 15) is 14.4 Å². The van der Waals surface area contributed by atoms with Gasteiger partial charge in [0.1, 0.15) is 5.76 Å². The second-order valence-corrected chi connectivity index (χ2v) is 4.14. The number of β-lactam (4-membered cyclic amide) rings is 1. The molecule has 19 heavy (non-hydrogen) atoms. The SMILES string of the molecule is C=CCC(C(=O)O)=C1O[C@@H]2CC(=O)N2C1C(=O)OC. The van der Waals surface area contributed by atoms with Gasteiger partial charge in [0, 0.05) is 6.42 Å². The fourth-order valence-electron chi connectivity index (χ4n) is 2.15. The highest BCUT2D eigenvalue weighted by Crippen LogP contribution is 2.38. The van der Waals surface area contributed by atoms with Crippen molar-refractivity contribution in [2.75, 3.05) is 7.11 Å². The van der Waals surface area contributed by atoms with Gasteiger partial charge in [-0.2, -0.15) is 0 Å². The lowest BCUT2D eigenvalue weighted by Crippen LogP contribution is -2.55. The van der Waals surface area contributed by atoms with Crippen molar-refractivity contribution >= 4 is 17.8 Å². The highest BCUT2D eigenvalue weighted by Gasteiger charge is 2.55. The molecule has 2 aliphatic heterocycles. The molecule has 0 aromatic heterocycles. The fraction of sp³-hybridized carbons (Fsp3) is 0.417. The number of ether oxygens (including phenoxy) is 2. The molecule has 2 saturated heterocycles. The second kappa shape index (κ2) is 4.75. The van der Waals surface area contributed by atoms with E-state index in [-0.39, 0.29) is 30.1 Å². The Morgan fingerprint density at radius 1 is 1.63 bits per heavy atom. The van der Waals surface area contributed by atoms with E-state index in [2.05, 4.69) is 11.3 Å². The number of hydrogen-bond acceptors (Lipinski definition) is 5. The highest BCUT2D eigenvalue weighted by molar-refractivity contribution is 5.95. The number of aliphatic carboxylic acids is 1. The van der Waals surface area contributed by atoms with E-state index < -0.39 is 24.2 Å². The van der Waals surface area contributed by atoms with Crippen molar-refractivity contribution in [3.05, 3.63) is 24.0 Å². The molecule has 0 aliphatic carbocycles. The molecule has 0 aromatic carbocycles. The number of carbonyl (C=O) groups is 3. The van der Waals surface area contributed by atoms with E-state index in [1.165, 1.54) is 18.1 Å². The van der Waals surface area contributed by atoms with Crippen LogP contribution in [0.5, 0.6) is 0 Å². The van der Waals surface area contributed by atoms with Crippen LogP contribution in [-0.2, 0) is 23.9 Å². The lowest BCUT2D eigenvalue weighted by atomic mass is 10.0. The molecule has 0 aromatic rings. The summed E-state index contributed by atoms with van der Waals surface area (Å²) < 4.78 is 10.0. The minimum atomic E-state index is -1.21. The predicted molar refractivity (Wildman–Crippen MR) is 61.6 cm³/mol. The first-order chi connectivity index (χ1) is 9.01. The molecule has 2 rings (SSSR count). The molecule has 2 aliphatic rings. The molecule has 0 spiro atoms. The summed E-state index contributed by atoms with van der Waals surface area (Å²) in [6.07, 6.45) is 0.988. The first-order valence-electron chi connectivity index (χ1n) is 5.64.